The maximum absolute atomic E-state index is 13.9. The summed E-state index contributed by atoms with van der Waals surface area (Å²) in [6, 6.07) is 13.5. The van der Waals surface area contributed by atoms with Crippen LogP contribution in [-0.4, -0.2) is 81.8 Å². The Morgan fingerprint density at radius 2 is 1.73 bits per heavy atom. The van der Waals surface area contributed by atoms with E-state index in [0.717, 1.165) is 24.8 Å². The topological polar surface area (TPSA) is 155 Å². The van der Waals surface area contributed by atoms with Crippen LogP contribution in [0.5, 0.6) is 11.5 Å². The summed E-state index contributed by atoms with van der Waals surface area (Å²) >= 11 is 0. The number of nitrogens with zero attached hydrogens (tertiary/aromatic N) is 2. The maximum atomic E-state index is 13.9. The second kappa shape index (κ2) is 13.2. The molecule has 0 bridgehead atoms. The van der Waals surface area contributed by atoms with Gasteiger partial charge in [0.2, 0.25) is 21.8 Å². The Kier molecular flexibility index (Phi) is 9.40. The van der Waals surface area contributed by atoms with Gasteiger partial charge in [0.05, 0.1) is 19.1 Å². The molecule has 4 N–H and O–H groups in total. The van der Waals surface area contributed by atoms with Crippen molar-refractivity contribution >= 4 is 38.4 Å². The Balaban J connectivity index is 1.41. The first-order valence-electron chi connectivity index (χ1n) is 14.8. The third-order valence-corrected chi connectivity index (χ3v) is 9.87. The fourth-order valence-corrected chi connectivity index (χ4v) is 7.27. The molecule has 5 rings (SSSR count). The van der Waals surface area contributed by atoms with Crippen LogP contribution >= 0.6 is 0 Å². The van der Waals surface area contributed by atoms with Crippen LogP contribution in [0, 0.1) is 5.41 Å². The molecule has 2 fully saturated rings. The van der Waals surface area contributed by atoms with Gasteiger partial charge in [-0.2, -0.15) is 4.72 Å². The van der Waals surface area contributed by atoms with Gasteiger partial charge in [0.15, 0.2) is 0 Å². The largest absolute Gasteiger partial charge is 0.497 e. The van der Waals surface area contributed by atoms with Crippen molar-refractivity contribution in [1.29, 1.82) is 5.41 Å². The minimum absolute atomic E-state index is 0.0246. The number of rotatable bonds is 10. The van der Waals surface area contributed by atoms with Gasteiger partial charge >= 0.3 is 0 Å². The number of amides is 2. The molecule has 2 saturated heterocycles. The number of piperidine rings is 2. The maximum Gasteiger partial charge on any atom is 0.245 e. The molecule has 2 aliphatic heterocycles. The third kappa shape index (κ3) is 6.66. The molecule has 44 heavy (non-hydrogen) atoms. The zero-order chi connectivity index (χ0) is 31.4. The van der Waals surface area contributed by atoms with Crippen LogP contribution in [0.4, 0.5) is 0 Å². The Bertz CT molecular complexity index is 1650. The van der Waals surface area contributed by atoms with E-state index in [4.69, 9.17) is 20.6 Å². The van der Waals surface area contributed by atoms with Crippen LogP contribution in [0.15, 0.2) is 59.5 Å². The van der Waals surface area contributed by atoms with Crippen molar-refractivity contribution in [2.75, 3.05) is 33.9 Å². The molecule has 2 amide bonds. The number of carbonyl (C=O) groups excluding carboxylic acids is 2. The molecule has 3 aromatic carbocycles. The van der Waals surface area contributed by atoms with Crippen molar-refractivity contribution in [2.24, 2.45) is 5.73 Å². The molecule has 0 saturated carbocycles. The number of likely N-dealkylation sites (tertiary alicyclic amines) is 2. The first-order chi connectivity index (χ1) is 21.1. The molecule has 3 aromatic rings. The number of hydrogen-bond donors (Lipinski definition) is 3. The van der Waals surface area contributed by atoms with Crippen molar-refractivity contribution in [2.45, 2.75) is 55.5 Å². The lowest BCUT2D eigenvalue weighted by Gasteiger charge is -2.40. The van der Waals surface area contributed by atoms with Crippen LogP contribution in [0.3, 0.4) is 0 Å². The van der Waals surface area contributed by atoms with Crippen molar-refractivity contribution in [3.63, 3.8) is 0 Å². The Morgan fingerprint density at radius 1 is 1.00 bits per heavy atom. The number of nitrogens with two attached hydrogens (primary N) is 1. The fraction of sp³-hybridized carbons (Fsp3) is 0.406. The second-order valence-corrected chi connectivity index (χ2v) is 13.0. The quantitative estimate of drug-likeness (QED) is 0.232. The molecule has 2 heterocycles. The highest BCUT2D eigenvalue weighted by atomic mass is 32.2. The number of nitrogens with one attached hydrogen (secondary N) is 2. The highest BCUT2D eigenvalue weighted by Gasteiger charge is 2.40. The van der Waals surface area contributed by atoms with Crippen LogP contribution < -0.4 is 19.9 Å². The van der Waals surface area contributed by atoms with E-state index >= 15 is 0 Å². The molecular formula is C32H39N5O6S. The van der Waals surface area contributed by atoms with Crippen LogP contribution in [-0.2, 0) is 26.0 Å². The van der Waals surface area contributed by atoms with Crippen LogP contribution in [0.1, 0.15) is 43.2 Å². The molecule has 234 valence electrons. The minimum Gasteiger partial charge on any atom is -0.497 e. The first kappa shape index (κ1) is 31.3. The summed E-state index contributed by atoms with van der Waals surface area (Å²) < 4.78 is 40.7. The average Bonchev–Trinajstić information content (AvgIpc) is 3.04. The number of carbonyl (C=O) groups is 2. The van der Waals surface area contributed by atoms with Crippen molar-refractivity contribution < 1.29 is 27.5 Å². The molecule has 0 spiro atoms. The summed E-state index contributed by atoms with van der Waals surface area (Å²) in [4.78, 5) is 31.2. The molecule has 2 unspecified atom stereocenters. The van der Waals surface area contributed by atoms with Crippen molar-refractivity contribution in [3.05, 3.63) is 65.7 Å². The second-order valence-electron chi connectivity index (χ2n) is 11.3. The van der Waals surface area contributed by atoms with Crippen molar-refractivity contribution in [1.82, 2.24) is 14.5 Å². The molecule has 2 atom stereocenters. The number of nitrogen functional groups attached to an aromatic ring is 1. The number of methoxy groups -OCH3 is 2. The van der Waals surface area contributed by atoms with Crippen LogP contribution in [0.25, 0.3) is 10.8 Å². The molecule has 0 aliphatic carbocycles. The lowest BCUT2D eigenvalue weighted by Crippen LogP contribution is -2.60. The predicted octanol–water partition coefficient (Wildman–Crippen LogP) is 3.03. The number of amidine groups is 1. The van der Waals surface area contributed by atoms with Gasteiger partial charge in [-0.05, 0) is 61.3 Å². The van der Waals surface area contributed by atoms with Gasteiger partial charge in [-0.25, -0.2) is 8.42 Å². The van der Waals surface area contributed by atoms with Gasteiger partial charge in [0.1, 0.15) is 29.4 Å². The Hall–Kier alpha value is -4.16. The van der Waals surface area contributed by atoms with E-state index < -0.39 is 28.0 Å². The lowest BCUT2D eigenvalue weighted by molar-refractivity contribution is -0.149. The van der Waals surface area contributed by atoms with Gasteiger partial charge in [-0.15, -0.1) is 0 Å². The highest BCUT2D eigenvalue weighted by molar-refractivity contribution is 7.89. The minimum atomic E-state index is -4.13. The summed E-state index contributed by atoms with van der Waals surface area (Å²) in [6.45, 7) is 1.61. The SMILES string of the molecule is COc1ccc2cc(S(=O)(=O)NC3CCCN(C(Cc4ccc(C(=N)N)cc4)C(=O)N4CCCCC4)C3=O)cc(OC)c2c1. The normalized spacial score (nSPS) is 18.2. The van der Waals surface area contributed by atoms with E-state index in [1.54, 1.807) is 42.3 Å². The Labute approximate surface area is 257 Å². The molecule has 11 nitrogen and oxygen atoms in total. The fourth-order valence-electron chi connectivity index (χ4n) is 6.00. The zero-order valence-electron chi connectivity index (χ0n) is 25.0. The number of hydrogen-bond acceptors (Lipinski definition) is 7. The highest BCUT2D eigenvalue weighted by Crippen LogP contribution is 2.33. The third-order valence-electron chi connectivity index (χ3n) is 8.42. The summed E-state index contributed by atoms with van der Waals surface area (Å²) in [7, 11) is -1.11. The molecule has 12 heteroatoms. The molecule has 0 radical (unpaired) electrons. The van der Waals surface area contributed by atoms with Gasteiger partial charge in [-0.1, -0.05) is 30.3 Å². The molecular weight excluding hydrogens is 582 g/mol. The van der Waals surface area contributed by atoms with E-state index in [9.17, 15) is 18.0 Å². The number of sulfonamides is 1. The van der Waals surface area contributed by atoms with E-state index in [-0.39, 0.29) is 23.1 Å². The van der Waals surface area contributed by atoms with E-state index in [2.05, 4.69) is 4.72 Å². The van der Waals surface area contributed by atoms with Crippen LogP contribution in [0.2, 0.25) is 0 Å². The summed E-state index contributed by atoms with van der Waals surface area (Å²) in [5.74, 6) is 0.366. The summed E-state index contributed by atoms with van der Waals surface area (Å²) in [6.07, 6.45) is 3.99. The standard InChI is InChI=1S/C32H39N5O6S/c1-42-24-13-12-23-18-25(20-29(43-2)26(23)19-24)44(40,41)35-27-7-6-16-37(31(27)38)28(32(39)36-14-4-3-5-15-36)17-21-8-10-22(11-9-21)30(33)34/h8-13,18-20,27-28,35H,3-7,14-17H2,1-2H3,(H3,33,34). The molecule has 2 aliphatic rings. The average molecular weight is 622 g/mol. The first-order valence-corrected chi connectivity index (χ1v) is 16.3. The van der Waals surface area contributed by atoms with Crippen molar-refractivity contribution in [3.8, 4) is 11.5 Å². The smallest absolute Gasteiger partial charge is 0.245 e. The van der Waals surface area contributed by atoms with Gasteiger partial charge in [0.25, 0.3) is 0 Å². The number of benzene rings is 3. The van der Waals surface area contributed by atoms with E-state index in [1.165, 1.54) is 19.2 Å². The van der Waals surface area contributed by atoms with E-state index in [1.807, 2.05) is 17.0 Å². The van der Waals surface area contributed by atoms with Gasteiger partial charge in [-0.3, -0.25) is 15.0 Å². The summed E-state index contributed by atoms with van der Waals surface area (Å²) in [5, 5.41) is 9.01. The predicted molar refractivity (Wildman–Crippen MR) is 167 cm³/mol. The Morgan fingerprint density at radius 3 is 2.39 bits per heavy atom. The van der Waals surface area contributed by atoms with Gasteiger partial charge in [0, 0.05) is 43.1 Å². The lowest BCUT2D eigenvalue weighted by atomic mass is 9.97. The number of fused-ring (bicyclic) bond motifs is 1. The number of ether oxygens (including phenoxy) is 2. The summed E-state index contributed by atoms with van der Waals surface area (Å²) in [5.41, 5.74) is 7.00. The monoisotopic (exact) mass is 621 g/mol. The molecule has 0 aromatic heterocycles. The van der Waals surface area contributed by atoms with E-state index in [0.29, 0.717) is 60.3 Å². The van der Waals surface area contributed by atoms with Gasteiger partial charge < -0.3 is 25.0 Å². The zero-order valence-corrected chi connectivity index (χ0v) is 25.9.